The van der Waals surface area contributed by atoms with Gasteiger partial charge in [0.15, 0.2) is 5.96 Å². The third-order valence-electron chi connectivity index (χ3n) is 5.53. The topological polar surface area (TPSA) is 72.5 Å². The van der Waals surface area contributed by atoms with Crippen LogP contribution in [0.3, 0.4) is 0 Å². The molecule has 2 aromatic carbocycles. The lowest BCUT2D eigenvalue weighted by atomic mass is 10.00. The molecule has 1 aliphatic heterocycles. The summed E-state index contributed by atoms with van der Waals surface area (Å²) in [5.74, 6) is 0.401. The number of rotatable bonds is 5. The molecule has 3 N–H and O–H groups in total. The van der Waals surface area contributed by atoms with Crippen LogP contribution < -0.4 is 10.6 Å². The number of nitrogens with one attached hydrogen (secondary N) is 3. The Morgan fingerprint density at radius 2 is 2.00 bits per heavy atom. The molecule has 0 bridgehead atoms. The molecule has 0 aliphatic carbocycles. The summed E-state index contributed by atoms with van der Waals surface area (Å²) in [5, 5.41) is 7.36. The summed E-state index contributed by atoms with van der Waals surface area (Å²) in [6, 6.07) is 13.0. The van der Waals surface area contributed by atoms with Crippen molar-refractivity contribution in [3.05, 3.63) is 71.2 Å². The number of H-pyrrole nitrogens is 1. The van der Waals surface area contributed by atoms with Crippen LogP contribution in [-0.4, -0.2) is 48.4 Å². The molecule has 0 spiro atoms. The molecule has 164 valence electrons. The molecule has 0 saturated heterocycles. The van der Waals surface area contributed by atoms with E-state index in [2.05, 4.69) is 32.7 Å². The average Bonchev–Trinajstić information content (AvgIpc) is 3.17. The second-order valence-electron chi connectivity index (χ2n) is 7.44. The first-order chi connectivity index (χ1) is 14.6. The van der Waals surface area contributed by atoms with Gasteiger partial charge in [0.2, 0.25) is 5.91 Å². The van der Waals surface area contributed by atoms with Gasteiger partial charge < -0.3 is 20.5 Å². The number of aromatic amines is 1. The van der Waals surface area contributed by atoms with E-state index in [-0.39, 0.29) is 42.2 Å². The highest BCUT2D eigenvalue weighted by Gasteiger charge is 2.20. The van der Waals surface area contributed by atoms with Crippen LogP contribution in [0.15, 0.2) is 53.7 Å². The van der Waals surface area contributed by atoms with Crippen LogP contribution in [0.5, 0.6) is 0 Å². The minimum absolute atomic E-state index is 0. The average molecular weight is 535 g/mol. The van der Waals surface area contributed by atoms with Crippen LogP contribution in [0.25, 0.3) is 10.9 Å². The smallest absolute Gasteiger partial charge is 0.242 e. The van der Waals surface area contributed by atoms with Crippen molar-refractivity contribution in [3.8, 4) is 0 Å². The standard InChI is InChI=1S/C23H26FN5O.HI/c1-25-23(26-10-8-17-13-27-21-12-19(24)6-7-20(17)21)28-14-22(30)29-11-9-16-4-2-3-5-18(16)15-29;/h2-7,12-13,27H,8-11,14-15H2,1H3,(H2,25,26,28);1H. The zero-order valence-corrected chi connectivity index (χ0v) is 19.8. The molecule has 6 nitrogen and oxygen atoms in total. The van der Waals surface area contributed by atoms with Gasteiger partial charge in [-0.2, -0.15) is 0 Å². The number of benzene rings is 2. The predicted octanol–water partition coefficient (Wildman–Crippen LogP) is 3.22. The van der Waals surface area contributed by atoms with Crippen LogP contribution in [0.4, 0.5) is 4.39 Å². The van der Waals surface area contributed by atoms with Gasteiger partial charge in [0.05, 0.1) is 6.54 Å². The van der Waals surface area contributed by atoms with Crippen LogP contribution in [0, 0.1) is 5.82 Å². The molecule has 0 atom stereocenters. The van der Waals surface area contributed by atoms with Crippen molar-refractivity contribution in [3.63, 3.8) is 0 Å². The Labute approximate surface area is 198 Å². The molecule has 8 heteroatoms. The lowest BCUT2D eigenvalue weighted by molar-refractivity contribution is -0.130. The number of aliphatic imine (C=N–C) groups is 1. The number of fused-ring (bicyclic) bond motifs is 2. The predicted molar refractivity (Wildman–Crippen MR) is 132 cm³/mol. The van der Waals surface area contributed by atoms with E-state index in [1.807, 2.05) is 23.2 Å². The summed E-state index contributed by atoms with van der Waals surface area (Å²) in [6.45, 7) is 2.25. The Morgan fingerprint density at radius 3 is 2.81 bits per heavy atom. The van der Waals surface area contributed by atoms with Crippen molar-refractivity contribution >= 4 is 46.7 Å². The molecule has 0 fully saturated rings. The Balaban J connectivity index is 0.00000272. The van der Waals surface area contributed by atoms with Crippen LogP contribution in [0.1, 0.15) is 16.7 Å². The maximum absolute atomic E-state index is 13.3. The van der Waals surface area contributed by atoms with Gasteiger partial charge in [-0.1, -0.05) is 24.3 Å². The van der Waals surface area contributed by atoms with E-state index in [0.29, 0.717) is 19.0 Å². The number of hydrogen-bond acceptors (Lipinski definition) is 2. The number of amides is 1. The highest BCUT2D eigenvalue weighted by atomic mass is 127. The van der Waals surface area contributed by atoms with Crippen molar-refractivity contribution in [1.82, 2.24) is 20.5 Å². The largest absolute Gasteiger partial charge is 0.361 e. The third-order valence-corrected chi connectivity index (χ3v) is 5.53. The Morgan fingerprint density at radius 1 is 1.19 bits per heavy atom. The van der Waals surface area contributed by atoms with E-state index >= 15 is 0 Å². The van der Waals surface area contributed by atoms with E-state index in [4.69, 9.17) is 0 Å². The quantitative estimate of drug-likeness (QED) is 0.267. The van der Waals surface area contributed by atoms with E-state index in [1.165, 1.54) is 23.3 Å². The molecular weight excluding hydrogens is 508 g/mol. The molecule has 4 rings (SSSR count). The first kappa shape index (κ1) is 23.1. The second kappa shape index (κ2) is 10.6. The second-order valence-corrected chi connectivity index (χ2v) is 7.44. The highest BCUT2D eigenvalue weighted by molar-refractivity contribution is 14.0. The number of carbonyl (C=O) groups excluding carboxylic acids is 1. The summed E-state index contributed by atoms with van der Waals surface area (Å²) in [6.07, 6.45) is 3.55. The molecule has 3 aromatic rings. The van der Waals surface area contributed by atoms with Gasteiger partial charge in [0.25, 0.3) is 0 Å². The van der Waals surface area contributed by atoms with Crippen molar-refractivity contribution in [2.24, 2.45) is 4.99 Å². The number of carbonyl (C=O) groups is 1. The Hall–Kier alpha value is -2.62. The van der Waals surface area contributed by atoms with Crippen LogP contribution >= 0.6 is 24.0 Å². The summed E-state index contributed by atoms with van der Waals surface area (Å²) >= 11 is 0. The van der Waals surface area contributed by atoms with Gasteiger partial charge >= 0.3 is 0 Å². The number of halogens is 2. The highest BCUT2D eigenvalue weighted by Crippen LogP contribution is 2.20. The number of guanidine groups is 1. The number of nitrogens with zero attached hydrogens (tertiary/aromatic N) is 2. The van der Waals surface area contributed by atoms with Gasteiger partial charge in [-0.15, -0.1) is 24.0 Å². The van der Waals surface area contributed by atoms with Gasteiger partial charge in [0, 0.05) is 43.8 Å². The zero-order valence-electron chi connectivity index (χ0n) is 17.5. The summed E-state index contributed by atoms with van der Waals surface area (Å²) in [7, 11) is 1.69. The van der Waals surface area contributed by atoms with Crippen molar-refractivity contribution in [2.45, 2.75) is 19.4 Å². The lowest BCUT2D eigenvalue weighted by Crippen LogP contribution is -2.46. The summed E-state index contributed by atoms with van der Waals surface area (Å²) in [4.78, 5) is 21.8. The van der Waals surface area contributed by atoms with Crippen LogP contribution in [-0.2, 0) is 24.2 Å². The first-order valence-electron chi connectivity index (χ1n) is 10.2. The normalized spacial score (nSPS) is 13.5. The molecule has 0 radical (unpaired) electrons. The molecule has 1 aliphatic rings. The molecular formula is C23H27FIN5O. The minimum Gasteiger partial charge on any atom is -0.361 e. The fourth-order valence-electron chi connectivity index (χ4n) is 3.88. The van der Waals surface area contributed by atoms with E-state index in [9.17, 15) is 9.18 Å². The first-order valence-corrected chi connectivity index (χ1v) is 10.2. The third kappa shape index (κ3) is 5.55. The van der Waals surface area contributed by atoms with Gasteiger partial charge in [-0.05, 0) is 47.7 Å². The minimum atomic E-state index is -0.250. The Kier molecular flexibility index (Phi) is 7.89. The van der Waals surface area contributed by atoms with E-state index in [1.54, 1.807) is 13.1 Å². The number of aromatic nitrogens is 1. The molecule has 1 amide bonds. The number of hydrogen-bond donors (Lipinski definition) is 3. The maximum Gasteiger partial charge on any atom is 0.242 e. The molecule has 2 heterocycles. The summed E-state index contributed by atoms with van der Waals surface area (Å²) < 4.78 is 13.3. The molecule has 0 unspecified atom stereocenters. The monoisotopic (exact) mass is 535 g/mol. The molecule has 0 saturated carbocycles. The van der Waals surface area contributed by atoms with Gasteiger partial charge in [-0.3, -0.25) is 9.79 Å². The van der Waals surface area contributed by atoms with Crippen molar-refractivity contribution in [2.75, 3.05) is 26.7 Å². The molecule has 31 heavy (non-hydrogen) atoms. The maximum atomic E-state index is 13.3. The fraction of sp³-hybridized carbons (Fsp3) is 0.304. The van der Waals surface area contributed by atoms with E-state index < -0.39 is 0 Å². The van der Waals surface area contributed by atoms with E-state index in [0.717, 1.165) is 35.9 Å². The zero-order chi connectivity index (χ0) is 20.9. The Bertz CT molecular complexity index is 1080. The lowest BCUT2D eigenvalue weighted by Gasteiger charge is -2.29. The van der Waals surface area contributed by atoms with Gasteiger partial charge in [-0.25, -0.2) is 4.39 Å². The van der Waals surface area contributed by atoms with Crippen molar-refractivity contribution < 1.29 is 9.18 Å². The van der Waals surface area contributed by atoms with Crippen molar-refractivity contribution in [1.29, 1.82) is 0 Å². The molecule has 1 aromatic heterocycles. The van der Waals surface area contributed by atoms with Crippen LogP contribution in [0.2, 0.25) is 0 Å². The SMILES string of the molecule is CN=C(NCCc1c[nH]c2cc(F)ccc12)NCC(=O)N1CCc2ccccc2C1.I. The summed E-state index contributed by atoms with van der Waals surface area (Å²) in [5.41, 5.74) is 4.45. The van der Waals surface area contributed by atoms with Gasteiger partial charge in [0.1, 0.15) is 5.82 Å². The fourth-order valence-corrected chi connectivity index (χ4v) is 3.88.